The highest BCUT2D eigenvalue weighted by molar-refractivity contribution is 5.53. The average Bonchev–Trinajstić information content (AvgIpc) is 2.07. The molecule has 0 fully saturated rings. The van der Waals surface area contributed by atoms with E-state index >= 15 is 0 Å². The SMILES string of the molecule is Nc1cc(CN=C=O)ccc1O. The monoisotopic (exact) mass is 164 g/mol. The minimum atomic E-state index is 0.0360. The summed E-state index contributed by atoms with van der Waals surface area (Å²) in [5.41, 5.74) is 6.46. The normalized spacial score (nSPS) is 9.00. The molecule has 0 heterocycles. The highest BCUT2D eigenvalue weighted by Crippen LogP contribution is 2.20. The summed E-state index contributed by atoms with van der Waals surface area (Å²) < 4.78 is 0. The molecule has 62 valence electrons. The first-order valence-corrected chi connectivity index (χ1v) is 3.35. The summed E-state index contributed by atoms with van der Waals surface area (Å²) in [5.74, 6) is 0.0360. The number of isocyanates is 1. The van der Waals surface area contributed by atoms with Gasteiger partial charge < -0.3 is 10.8 Å². The fourth-order valence-corrected chi connectivity index (χ4v) is 0.826. The molecule has 0 bridgehead atoms. The summed E-state index contributed by atoms with van der Waals surface area (Å²) in [5, 5.41) is 9.04. The van der Waals surface area contributed by atoms with Crippen LogP contribution in [0, 0.1) is 0 Å². The Morgan fingerprint density at radius 3 is 2.92 bits per heavy atom. The molecule has 4 heteroatoms. The van der Waals surface area contributed by atoms with Gasteiger partial charge in [-0.15, -0.1) is 0 Å². The van der Waals surface area contributed by atoms with Gasteiger partial charge in [0.15, 0.2) is 0 Å². The third-order valence-corrected chi connectivity index (χ3v) is 1.42. The highest BCUT2D eigenvalue weighted by Gasteiger charge is 1.97. The Bertz CT molecular complexity index is 330. The van der Waals surface area contributed by atoms with E-state index in [1.54, 1.807) is 12.1 Å². The van der Waals surface area contributed by atoms with E-state index in [0.29, 0.717) is 0 Å². The molecule has 1 rings (SSSR count). The molecular formula is C8H8N2O2. The number of phenolic OH excluding ortho intramolecular Hbond substituents is 1. The first-order valence-electron chi connectivity index (χ1n) is 3.35. The van der Waals surface area contributed by atoms with Gasteiger partial charge in [-0.25, -0.2) is 9.79 Å². The number of nitrogen functional groups attached to an aromatic ring is 1. The lowest BCUT2D eigenvalue weighted by atomic mass is 10.2. The second-order valence-electron chi connectivity index (χ2n) is 2.30. The number of anilines is 1. The average molecular weight is 164 g/mol. The van der Waals surface area contributed by atoms with Gasteiger partial charge in [-0.05, 0) is 17.7 Å². The van der Waals surface area contributed by atoms with E-state index in [2.05, 4.69) is 4.99 Å². The third-order valence-electron chi connectivity index (χ3n) is 1.42. The summed E-state index contributed by atoms with van der Waals surface area (Å²) in [6.45, 7) is 0.244. The van der Waals surface area contributed by atoms with E-state index in [-0.39, 0.29) is 18.0 Å². The first kappa shape index (κ1) is 8.30. The molecule has 0 atom stereocenters. The van der Waals surface area contributed by atoms with Gasteiger partial charge in [-0.3, -0.25) is 0 Å². The molecule has 0 unspecified atom stereocenters. The first-order chi connectivity index (χ1) is 5.74. The number of nitrogens with zero attached hydrogens (tertiary/aromatic N) is 1. The lowest BCUT2D eigenvalue weighted by Crippen LogP contribution is -1.88. The van der Waals surface area contributed by atoms with Crippen molar-refractivity contribution >= 4 is 11.8 Å². The number of hydrogen-bond acceptors (Lipinski definition) is 4. The lowest BCUT2D eigenvalue weighted by molar-refractivity contribution is 0.478. The molecule has 3 N–H and O–H groups in total. The molecule has 0 spiro atoms. The maximum absolute atomic E-state index is 9.76. The number of phenols is 1. The van der Waals surface area contributed by atoms with E-state index in [9.17, 15) is 4.79 Å². The molecule has 0 aromatic heterocycles. The smallest absolute Gasteiger partial charge is 0.235 e. The number of aromatic hydroxyl groups is 1. The van der Waals surface area contributed by atoms with Gasteiger partial charge in [0.2, 0.25) is 6.08 Å². The van der Waals surface area contributed by atoms with E-state index in [4.69, 9.17) is 10.8 Å². The van der Waals surface area contributed by atoms with Crippen molar-refractivity contribution in [3.63, 3.8) is 0 Å². The molecule has 0 amide bonds. The number of rotatable bonds is 2. The van der Waals surface area contributed by atoms with E-state index in [0.717, 1.165) is 5.56 Å². The second-order valence-corrected chi connectivity index (χ2v) is 2.30. The van der Waals surface area contributed by atoms with Crippen LogP contribution in [0.3, 0.4) is 0 Å². The van der Waals surface area contributed by atoms with Crippen molar-refractivity contribution in [1.29, 1.82) is 0 Å². The van der Waals surface area contributed by atoms with Crippen LogP contribution in [0.1, 0.15) is 5.56 Å². The minimum absolute atomic E-state index is 0.0360. The van der Waals surface area contributed by atoms with Crippen molar-refractivity contribution in [2.45, 2.75) is 6.54 Å². The summed E-state index contributed by atoms with van der Waals surface area (Å²) in [6, 6.07) is 4.67. The van der Waals surface area contributed by atoms with Gasteiger partial charge in [0, 0.05) is 0 Å². The fraction of sp³-hybridized carbons (Fsp3) is 0.125. The fourth-order valence-electron chi connectivity index (χ4n) is 0.826. The molecule has 4 nitrogen and oxygen atoms in total. The molecule has 12 heavy (non-hydrogen) atoms. The van der Waals surface area contributed by atoms with Gasteiger partial charge in [0.05, 0.1) is 12.2 Å². The van der Waals surface area contributed by atoms with Crippen LogP contribution < -0.4 is 5.73 Å². The Morgan fingerprint density at radius 1 is 1.58 bits per heavy atom. The van der Waals surface area contributed by atoms with Crippen LogP contribution in [0.2, 0.25) is 0 Å². The van der Waals surface area contributed by atoms with Crippen molar-refractivity contribution in [2.24, 2.45) is 4.99 Å². The zero-order valence-electron chi connectivity index (χ0n) is 6.32. The molecule has 0 radical (unpaired) electrons. The molecule has 0 aliphatic carbocycles. The molecule has 0 aliphatic heterocycles. The summed E-state index contributed by atoms with van der Waals surface area (Å²) in [4.78, 5) is 13.1. The van der Waals surface area contributed by atoms with Crippen LogP contribution in [-0.2, 0) is 11.3 Å². The Kier molecular flexibility index (Phi) is 2.46. The Hall–Kier alpha value is -1.80. The maximum atomic E-state index is 9.76. The number of nitrogens with two attached hydrogens (primary N) is 1. The number of aliphatic imine (C=N–C) groups is 1. The largest absolute Gasteiger partial charge is 0.506 e. The van der Waals surface area contributed by atoms with Crippen LogP contribution in [0.5, 0.6) is 5.75 Å². The predicted octanol–water partition coefficient (Wildman–Crippen LogP) is 0.810. The summed E-state index contributed by atoms with van der Waals surface area (Å²) in [7, 11) is 0. The Labute approximate surface area is 69.4 Å². The Balaban J connectivity index is 2.89. The lowest BCUT2D eigenvalue weighted by Gasteiger charge is -1.99. The zero-order chi connectivity index (χ0) is 8.97. The van der Waals surface area contributed by atoms with Gasteiger partial charge in [-0.1, -0.05) is 6.07 Å². The van der Waals surface area contributed by atoms with Crippen LogP contribution in [-0.4, -0.2) is 11.2 Å². The van der Waals surface area contributed by atoms with Crippen molar-refractivity contribution in [3.05, 3.63) is 23.8 Å². The number of carbonyl (C=O) groups excluding carboxylic acids is 1. The zero-order valence-corrected chi connectivity index (χ0v) is 6.32. The van der Waals surface area contributed by atoms with E-state index in [1.165, 1.54) is 12.1 Å². The molecule has 1 aromatic rings. The third kappa shape index (κ3) is 1.84. The van der Waals surface area contributed by atoms with Crippen LogP contribution in [0.25, 0.3) is 0 Å². The standard InChI is InChI=1S/C8H8N2O2/c9-7-3-6(4-10-5-11)1-2-8(7)12/h1-3,12H,4,9H2. The van der Waals surface area contributed by atoms with Gasteiger partial charge in [-0.2, -0.15) is 0 Å². The van der Waals surface area contributed by atoms with Crippen LogP contribution >= 0.6 is 0 Å². The van der Waals surface area contributed by atoms with E-state index < -0.39 is 0 Å². The molecule has 1 aromatic carbocycles. The predicted molar refractivity (Wildman–Crippen MR) is 44.3 cm³/mol. The van der Waals surface area contributed by atoms with Crippen molar-refractivity contribution in [3.8, 4) is 5.75 Å². The Morgan fingerprint density at radius 2 is 2.33 bits per heavy atom. The molecule has 0 saturated heterocycles. The van der Waals surface area contributed by atoms with Gasteiger partial charge >= 0.3 is 0 Å². The number of hydrogen-bond donors (Lipinski definition) is 2. The highest BCUT2D eigenvalue weighted by atomic mass is 16.3. The van der Waals surface area contributed by atoms with Gasteiger partial charge in [0.1, 0.15) is 5.75 Å². The maximum Gasteiger partial charge on any atom is 0.235 e. The van der Waals surface area contributed by atoms with Crippen molar-refractivity contribution < 1.29 is 9.90 Å². The van der Waals surface area contributed by atoms with Crippen LogP contribution in [0.15, 0.2) is 23.2 Å². The quantitative estimate of drug-likeness (QED) is 0.294. The minimum Gasteiger partial charge on any atom is -0.506 e. The summed E-state index contributed by atoms with van der Waals surface area (Å²) >= 11 is 0. The molecule has 0 saturated carbocycles. The number of benzene rings is 1. The summed E-state index contributed by atoms with van der Waals surface area (Å²) in [6.07, 6.45) is 1.42. The molecule has 0 aliphatic rings. The van der Waals surface area contributed by atoms with Crippen LogP contribution in [0.4, 0.5) is 5.69 Å². The van der Waals surface area contributed by atoms with Crippen molar-refractivity contribution in [2.75, 3.05) is 5.73 Å². The van der Waals surface area contributed by atoms with E-state index in [1.807, 2.05) is 0 Å². The van der Waals surface area contributed by atoms with Crippen molar-refractivity contribution in [1.82, 2.24) is 0 Å². The second kappa shape index (κ2) is 3.55. The molecular weight excluding hydrogens is 156 g/mol. The topological polar surface area (TPSA) is 75.7 Å². The van der Waals surface area contributed by atoms with Gasteiger partial charge in [0.25, 0.3) is 0 Å².